The number of carbonyl (C=O) groups excluding carboxylic acids is 2. The highest BCUT2D eigenvalue weighted by molar-refractivity contribution is 9.10. The first-order valence-corrected chi connectivity index (χ1v) is 13.4. The second kappa shape index (κ2) is 13.0. The van der Waals surface area contributed by atoms with Gasteiger partial charge in [-0.15, -0.1) is 0 Å². The summed E-state index contributed by atoms with van der Waals surface area (Å²) in [7, 11) is 0. The highest BCUT2D eigenvalue weighted by Crippen LogP contribution is 2.25. The van der Waals surface area contributed by atoms with Gasteiger partial charge in [0.1, 0.15) is 5.75 Å². The zero-order valence-electron chi connectivity index (χ0n) is 21.3. The summed E-state index contributed by atoms with van der Waals surface area (Å²) in [5, 5.41) is 11.9. The van der Waals surface area contributed by atoms with E-state index in [4.69, 9.17) is 17.0 Å². The molecule has 4 aromatic rings. The Hall–Kier alpha value is -4.21. The molecular weight excluding hydrogens is 576 g/mol. The van der Waals surface area contributed by atoms with E-state index in [1.54, 1.807) is 42.5 Å². The van der Waals surface area contributed by atoms with Gasteiger partial charge in [-0.05, 0) is 92.8 Å². The smallest absolute Gasteiger partial charge is 0.261 e. The number of rotatable bonds is 8. The Morgan fingerprint density at radius 2 is 1.38 bits per heavy atom. The van der Waals surface area contributed by atoms with Crippen molar-refractivity contribution in [3.63, 3.8) is 0 Å². The van der Waals surface area contributed by atoms with Crippen LogP contribution in [0.1, 0.15) is 34.6 Å². The molecule has 9 heteroatoms. The summed E-state index contributed by atoms with van der Waals surface area (Å²) in [5.74, 6) is -0.315. The molecule has 7 nitrogen and oxygen atoms in total. The quantitative estimate of drug-likeness (QED) is 0.157. The number of carbonyl (C=O) groups is 2. The molecule has 0 atom stereocenters. The molecule has 0 aromatic heterocycles. The summed E-state index contributed by atoms with van der Waals surface area (Å²) in [6, 6.07) is 29.3. The van der Waals surface area contributed by atoms with Crippen LogP contribution in [0.25, 0.3) is 0 Å². The van der Waals surface area contributed by atoms with Crippen LogP contribution in [0.5, 0.6) is 5.75 Å². The summed E-state index contributed by atoms with van der Waals surface area (Å²) in [6.45, 7) is 3.77. The van der Waals surface area contributed by atoms with Crippen molar-refractivity contribution in [3.8, 4) is 5.75 Å². The van der Waals surface area contributed by atoms with Gasteiger partial charge in [-0.1, -0.05) is 46.3 Å². The van der Waals surface area contributed by atoms with Crippen molar-refractivity contribution in [1.29, 1.82) is 0 Å². The van der Waals surface area contributed by atoms with Crippen LogP contribution in [-0.4, -0.2) is 23.0 Å². The fourth-order valence-electron chi connectivity index (χ4n) is 3.67. The molecular formula is C30H27BrN4O3S. The number of nitrogens with one attached hydrogen (secondary N) is 4. The van der Waals surface area contributed by atoms with E-state index in [1.807, 2.05) is 68.4 Å². The molecule has 4 N–H and O–H groups in total. The van der Waals surface area contributed by atoms with Crippen molar-refractivity contribution >= 4 is 67.8 Å². The predicted molar refractivity (Wildman–Crippen MR) is 164 cm³/mol. The second-order valence-electron chi connectivity index (χ2n) is 8.78. The van der Waals surface area contributed by atoms with Gasteiger partial charge in [0, 0.05) is 21.5 Å². The number of hydrogen-bond acceptors (Lipinski definition) is 5. The fraction of sp³-hybridized carbons (Fsp3) is 0.100. The minimum Gasteiger partial charge on any atom is -0.490 e. The molecule has 0 heterocycles. The van der Waals surface area contributed by atoms with Gasteiger partial charge in [-0.2, -0.15) is 0 Å². The van der Waals surface area contributed by atoms with Crippen LogP contribution in [0, 0.1) is 0 Å². The van der Waals surface area contributed by atoms with E-state index in [0.717, 1.165) is 15.8 Å². The SMILES string of the molecule is CC(C)Oc1ccc(Br)cc1C(=O)NC(=S)Nc1ccccc1C(=O)Nc1ccc(Nc2ccccc2)cc1. The van der Waals surface area contributed by atoms with E-state index in [2.05, 4.69) is 37.2 Å². The average Bonchev–Trinajstić information content (AvgIpc) is 2.91. The summed E-state index contributed by atoms with van der Waals surface area (Å²) in [4.78, 5) is 26.1. The van der Waals surface area contributed by atoms with E-state index >= 15 is 0 Å². The van der Waals surface area contributed by atoms with E-state index in [9.17, 15) is 9.59 Å². The molecule has 0 aliphatic rings. The Labute approximate surface area is 241 Å². The van der Waals surface area contributed by atoms with E-state index in [-0.39, 0.29) is 17.1 Å². The molecule has 4 rings (SSSR count). The molecule has 0 saturated carbocycles. The molecule has 0 aliphatic heterocycles. The van der Waals surface area contributed by atoms with Crippen molar-refractivity contribution in [1.82, 2.24) is 5.32 Å². The number of benzene rings is 4. The maximum atomic E-state index is 13.1. The molecule has 198 valence electrons. The molecule has 0 saturated heterocycles. The summed E-state index contributed by atoms with van der Waals surface area (Å²) in [6.07, 6.45) is -0.107. The van der Waals surface area contributed by atoms with Crippen molar-refractivity contribution in [2.45, 2.75) is 20.0 Å². The monoisotopic (exact) mass is 602 g/mol. The molecule has 0 radical (unpaired) electrons. The van der Waals surface area contributed by atoms with Crippen LogP contribution in [0.3, 0.4) is 0 Å². The van der Waals surface area contributed by atoms with Crippen molar-refractivity contribution in [2.75, 3.05) is 16.0 Å². The lowest BCUT2D eigenvalue weighted by Gasteiger charge is -2.16. The first-order valence-electron chi connectivity index (χ1n) is 12.2. The minimum absolute atomic E-state index is 0.0482. The standard InChI is InChI=1S/C30H27BrN4O3S/c1-19(2)38-27-17-12-20(31)18-25(27)29(37)35-30(39)34-26-11-7-6-10-24(26)28(36)33-23-15-13-22(14-16-23)32-21-8-4-3-5-9-21/h3-19,32H,1-2H3,(H,33,36)(H2,34,35,37,39). The Morgan fingerprint density at radius 3 is 2.10 bits per heavy atom. The van der Waals surface area contributed by atoms with Gasteiger partial charge in [0.25, 0.3) is 11.8 Å². The zero-order chi connectivity index (χ0) is 27.8. The van der Waals surface area contributed by atoms with Gasteiger partial charge in [-0.3, -0.25) is 14.9 Å². The molecule has 0 bridgehead atoms. The normalized spacial score (nSPS) is 10.5. The molecule has 39 heavy (non-hydrogen) atoms. The molecule has 2 amide bonds. The molecule has 4 aromatic carbocycles. The van der Waals surface area contributed by atoms with Crippen molar-refractivity contribution in [2.24, 2.45) is 0 Å². The molecule has 0 unspecified atom stereocenters. The van der Waals surface area contributed by atoms with Crippen LogP contribution >= 0.6 is 28.1 Å². The van der Waals surface area contributed by atoms with Gasteiger partial charge in [0.05, 0.1) is 22.9 Å². The van der Waals surface area contributed by atoms with Gasteiger partial charge < -0.3 is 20.7 Å². The van der Waals surface area contributed by atoms with Gasteiger partial charge in [-0.25, -0.2) is 0 Å². The first kappa shape index (κ1) is 27.8. The van der Waals surface area contributed by atoms with Gasteiger partial charge >= 0.3 is 0 Å². The number of halogens is 1. The predicted octanol–water partition coefficient (Wildman–Crippen LogP) is 7.36. The first-order chi connectivity index (χ1) is 18.8. The zero-order valence-corrected chi connectivity index (χ0v) is 23.7. The van der Waals surface area contributed by atoms with Crippen molar-refractivity contribution < 1.29 is 14.3 Å². The van der Waals surface area contributed by atoms with Crippen LogP contribution < -0.4 is 26.0 Å². The third-order valence-corrected chi connectivity index (χ3v) is 6.10. The Balaban J connectivity index is 1.41. The lowest BCUT2D eigenvalue weighted by Crippen LogP contribution is -2.35. The lowest BCUT2D eigenvalue weighted by atomic mass is 10.1. The highest BCUT2D eigenvalue weighted by atomic mass is 79.9. The topological polar surface area (TPSA) is 91.5 Å². The number of thiocarbonyl (C=S) groups is 1. The highest BCUT2D eigenvalue weighted by Gasteiger charge is 2.17. The Bertz CT molecular complexity index is 1480. The number of anilines is 4. The minimum atomic E-state index is -0.435. The fourth-order valence-corrected chi connectivity index (χ4v) is 4.24. The Morgan fingerprint density at radius 1 is 0.744 bits per heavy atom. The maximum Gasteiger partial charge on any atom is 0.261 e. The summed E-state index contributed by atoms with van der Waals surface area (Å²) < 4.78 is 6.49. The van der Waals surface area contributed by atoms with Crippen LogP contribution in [0.2, 0.25) is 0 Å². The third kappa shape index (κ3) is 7.89. The largest absolute Gasteiger partial charge is 0.490 e. The molecule has 0 aliphatic carbocycles. The van der Waals surface area contributed by atoms with Crippen LogP contribution in [0.15, 0.2) is 102 Å². The Kier molecular flexibility index (Phi) is 9.30. The van der Waals surface area contributed by atoms with E-state index < -0.39 is 5.91 Å². The number of ether oxygens (including phenoxy) is 1. The van der Waals surface area contributed by atoms with Crippen LogP contribution in [0.4, 0.5) is 22.7 Å². The van der Waals surface area contributed by atoms with E-state index in [0.29, 0.717) is 28.3 Å². The number of hydrogen-bond donors (Lipinski definition) is 4. The summed E-state index contributed by atoms with van der Waals surface area (Å²) in [5.41, 5.74) is 3.66. The average molecular weight is 604 g/mol. The van der Waals surface area contributed by atoms with Crippen LogP contribution in [-0.2, 0) is 0 Å². The van der Waals surface area contributed by atoms with Gasteiger partial charge in [0.15, 0.2) is 5.11 Å². The summed E-state index contributed by atoms with van der Waals surface area (Å²) >= 11 is 8.78. The van der Waals surface area contributed by atoms with Crippen molar-refractivity contribution in [3.05, 3.63) is 113 Å². The number of para-hydroxylation sites is 2. The molecule has 0 spiro atoms. The number of amides is 2. The second-order valence-corrected chi connectivity index (χ2v) is 10.1. The van der Waals surface area contributed by atoms with E-state index in [1.165, 1.54) is 0 Å². The lowest BCUT2D eigenvalue weighted by molar-refractivity contribution is 0.0970. The molecule has 0 fully saturated rings. The van der Waals surface area contributed by atoms with Gasteiger partial charge in [0.2, 0.25) is 0 Å². The maximum absolute atomic E-state index is 13.1. The third-order valence-electron chi connectivity index (χ3n) is 5.40.